The number of hydrogen-bond acceptors (Lipinski definition) is 4. The Bertz CT molecular complexity index is 3500. The maximum Gasteiger partial charge on any atom is 0.178 e. The Labute approximate surface area is 400 Å². The Kier molecular flexibility index (Phi) is 10.3. The fraction of sp³-hybridized carbons (Fsp3) is 0.219. The van der Waals surface area contributed by atoms with Gasteiger partial charge in [-0.2, -0.15) is 0 Å². The van der Waals surface area contributed by atoms with Gasteiger partial charge >= 0.3 is 0 Å². The standard InChI is InChI=1S/C64H60N2O2/c1-35(2)59-60(36(3)4)62-56-32-46-18-24-54(66(51-21-15-39(7)43(11)27-51)52-22-16-40(8)44(12)28-52)30-48(46)34-58(56)68-64(62)63-61(59)55-31-45-17-23-53(29-47(45)33-57(55)67-63)65(49-19-13-37(5)41(9)25-49)50-20-14-38(6)42(10)26-50/h13-36H,1-12H3. The summed E-state index contributed by atoms with van der Waals surface area (Å²) in [6.07, 6.45) is 0. The van der Waals surface area contributed by atoms with E-state index in [0.717, 1.165) is 88.8 Å². The highest BCUT2D eigenvalue weighted by atomic mass is 16.4. The molecule has 0 fully saturated rings. The van der Waals surface area contributed by atoms with E-state index in [4.69, 9.17) is 8.83 Å². The van der Waals surface area contributed by atoms with Crippen molar-refractivity contribution in [1.29, 1.82) is 0 Å². The average molecular weight is 889 g/mol. The molecule has 68 heavy (non-hydrogen) atoms. The van der Waals surface area contributed by atoms with E-state index in [1.54, 1.807) is 0 Å². The van der Waals surface area contributed by atoms with Gasteiger partial charge in [0.2, 0.25) is 0 Å². The van der Waals surface area contributed by atoms with Crippen LogP contribution in [0.4, 0.5) is 34.1 Å². The predicted octanol–water partition coefficient (Wildman–Crippen LogP) is 19.4. The summed E-state index contributed by atoms with van der Waals surface area (Å²) in [5.74, 6) is 0.495. The summed E-state index contributed by atoms with van der Waals surface area (Å²) in [6, 6.07) is 49.9. The molecule has 4 nitrogen and oxygen atoms in total. The monoisotopic (exact) mass is 888 g/mol. The Balaban J connectivity index is 1.11. The lowest BCUT2D eigenvalue weighted by molar-refractivity contribution is 0.632. The number of nitrogens with zero attached hydrogens (tertiary/aromatic N) is 2. The number of aryl methyl sites for hydroxylation is 8. The second kappa shape index (κ2) is 16.2. The first-order valence-electron chi connectivity index (χ1n) is 24.3. The SMILES string of the molecule is Cc1ccc(N(c2ccc(C)c(C)c2)c2ccc3cc4c(cc3c2)oc2c3oc5cc6cc(N(c7ccc(C)c(C)c7)c7ccc(C)c(C)c7)ccc6cc5c3c(C(C)C)c(C(C)C)c42)cc1C. The van der Waals surface area contributed by atoms with Crippen molar-refractivity contribution >= 4 is 99.5 Å². The van der Waals surface area contributed by atoms with Crippen LogP contribution < -0.4 is 9.80 Å². The molecule has 0 saturated carbocycles. The van der Waals surface area contributed by atoms with Crippen molar-refractivity contribution in [2.45, 2.75) is 94.9 Å². The van der Waals surface area contributed by atoms with E-state index in [0.29, 0.717) is 0 Å². The van der Waals surface area contributed by atoms with Crippen LogP contribution in [0.2, 0.25) is 0 Å². The number of benzene rings is 9. The van der Waals surface area contributed by atoms with Crippen molar-refractivity contribution in [2.75, 3.05) is 9.80 Å². The van der Waals surface area contributed by atoms with Crippen molar-refractivity contribution in [1.82, 2.24) is 0 Å². The first kappa shape index (κ1) is 43.3. The van der Waals surface area contributed by atoms with Gasteiger partial charge in [0.25, 0.3) is 0 Å². The summed E-state index contributed by atoms with van der Waals surface area (Å²) >= 11 is 0. The van der Waals surface area contributed by atoms with Gasteiger partial charge in [0, 0.05) is 55.7 Å². The largest absolute Gasteiger partial charge is 0.452 e. The van der Waals surface area contributed by atoms with Crippen molar-refractivity contribution in [3.63, 3.8) is 0 Å². The zero-order valence-corrected chi connectivity index (χ0v) is 41.6. The van der Waals surface area contributed by atoms with Crippen LogP contribution in [0.5, 0.6) is 0 Å². The highest BCUT2D eigenvalue weighted by Gasteiger charge is 2.28. The molecule has 0 spiro atoms. The third kappa shape index (κ3) is 7.03. The fourth-order valence-electron chi connectivity index (χ4n) is 10.6. The van der Waals surface area contributed by atoms with Crippen LogP contribution in [-0.2, 0) is 0 Å². The molecule has 0 N–H and O–H groups in total. The Morgan fingerprint density at radius 1 is 0.309 bits per heavy atom. The molecule has 2 aromatic heterocycles. The molecule has 2 heterocycles. The first-order chi connectivity index (χ1) is 32.6. The molecular formula is C64H60N2O2. The molecule has 9 aromatic carbocycles. The molecule has 11 aromatic rings. The lowest BCUT2D eigenvalue weighted by atomic mass is 9.84. The molecule has 0 aliphatic heterocycles. The number of hydrogen-bond donors (Lipinski definition) is 0. The Hall–Kier alpha value is -7.30. The Morgan fingerprint density at radius 2 is 0.603 bits per heavy atom. The van der Waals surface area contributed by atoms with Gasteiger partial charge in [0.05, 0.1) is 0 Å². The second-order valence-electron chi connectivity index (χ2n) is 20.3. The van der Waals surface area contributed by atoms with Crippen LogP contribution in [0.25, 0.3) is 65.4 Å². The molecule has 338 valence electrons. The van der Waals surface area contributed by atoms with Crippen molar-refractivity contribution in [2.24, 2.45) is 0 Å². The topological polar surface area (TPSA) is 32.8 Å². The second-order valence-corrected chi connectivity index (χ2v) is 20.3. The molecule has 4 heteroatoms. The minimum atomic E-state index is 0.248. The number of fused-ring (bicyclic) bond motifs is 9. The molecule has 0 bridgehead atoms. The molecule has 0 amide bonds. The van der Waals surface area contributed by atoms with E-state index in [1.165, 1.54) is 66.4 Å². The van der Waals surface area contributed by atoms with Crippen LogP contribution in [0.1, 0.15) is 95.2 Å². The summed E-state index contributed by atoms with van der Waals surface area (Å²) in [4.78, 5) is 4.75. The van der Waals surface area contributed by atoms with Crippen LogP contribution in [0.3, 0.4) is 0 Å². The lowest BCUT2D eigenvalue weighted by Gasteiger charge is -2.27. The quantitative estimate of drug-likeness (QED) is 0.152. The van der Waals surface area contributed by atoms with Gasteiger partial charge in [-0.15, -0.1) is 0 Å². The van der Waals surface area contributed by atoms with Crippen molar-refractivity contribution in [3.8, 4) is 0 Å². The minimum absolute atomic E-state index is 0.248. The molecule has 0 aliphatic rings. The maximum absolute atomic E-state index is 7.12. The minimum Gasteiger partial charge on any atom is -0.452 e. The number of furan rings is 2. The van der Waals surface area contributed by atoms with Gasteiger partial charge < -0.3 is 18.6 Å². The fourth-order valence-corrected chi connectivity index (χ4v) is 10.6. The third-order valence-corrected chi connectivity index (χ3v) is 15.0. The van der Waals surface area contributed by atoms with Crippen molar-refractivity contribution in [3.05, 3.63) is 189 Å². The lowest BCUT2D eigenvalue weighted by Crippen LogP contribution is -2.10. The molecule has 0 aliphatic carbocycles. The van der Waals surface area contributed by atoms with Gasteiger partial charge in [0.15, 0.2) is 11.2 Å². The molecule has 0 radical (unpaired) electrons. The molecule has 0 saturated heterocycles. The zero-order chi connectivity index (χ0) is 47.4. The summed E-state index contributed by atoms with van der Waals surface area (Å²) in [5, 5.41) is 9.17. The summed E-state index contributed by atoms with van der Waals surface area (Å²) < 4.78 is 14.2. The van der Waals surface area contributed by atoms with Crippen LogP contribution in [0, 0.1) is 55.4 Å². The van der Waals surface area contributed by atoms with Gasteiger partial charge in [-0.25, -0.2) is 0 Å². The predicted molar refractivity (Wildman–Crippen MR) is 291 cm³/mol. The van der Waals surface area contributed by atoms with Crippen molar-refractivity contribution < 1.29 is 8.83 Å². The van der Waals surface area contributed by atoms with Crippen LogP contribution in [-0.4, -0.2) is 0 Å². The third-order valence-electron chi connectivity index (χ3n) is 15.0. The highest BCUT2D eigenvalue weighted by Crippen LogP contribution is 2.50. The zero-order valence-electron chi connectivity index (χ0n) is 41.6. The van der Waals surface area contributed by atoms with Gasteiger partial charge in [-0.05, 0) is 241 Å². The normalized spacial score (nSPS) is 12.1. The summed E-state index contributed by atoms with van der Waals surface area (Å²) in [5.41, 5.74) is 23.0. The van der Waals surface area contributed by atoms with Crippen LogP contribution in [0.15, 0.2) is 142 Å². The first-order valence-corrected chi connectivity index (χ1v) is 24.3. The van der Waals surface area contributed by atoms with Gasteiger partial charge in [0.1, 0.15) is 11.2 Å². The van der Waals surface area contributed by atoms with E-state index >= 15 is 0 Å². The van der Waals surface area contributed by atoms with E-state index < -0.39 is 0 Å². The highest BCUT2D eigenvalue weighted by molar-refractivity contribution is 6.24. The van der Waals surface area contributed by atoms with Gasteiger partial charge in [-0.3, -0.25) is 0 Å². The number of rotatable bonds is 8. The van der Waals surface area contributed by atoms with E-state index in [2.05, 4.69) is 226 Å². The van der Waals surface area contributed by atoms with E-state index in [-0.39, 0.29) is 11.8 Å². The molecule has 11 rings (SSSR count). The average Bonchev–Trinajstić information content (AvgIpc) is 3.86. The van der Waals surface area contributed by atoms with E-state index in [9.17, 15) is 0 Å². The molecule has 0 atom stereocenters. The Morgan fingerprint density at radius 3 is 0.897 bits per heavy atom. The van der Waals surface area contributed by atoms with Gasteiger partial charge in [-0.1, -0.05) is 64.1 Å². The summed E-state index contributed by atoms with van der Waals surface area (Å²) in [7, 11) is 0. The molecule has 0 unspecified atom stereocenters. The number of anilines is 6. The molecular weight excluding hydrogens is 829 g/mol. The maximum atomic E-state index is 7.12. The van der Waals surface area contributed by atoms with E-state index in [1.807, 2.05) is 0 Å². The smallest absolute Gasteiger partial charge is 0.178 e. The van der Waals surface area contributed by atoms with Crippen LogP contribution >= 0.6 is 0 Å². The summed E-state index contributed by atoms with van der Waals surface area (Å²) in [6.45, 7) is 26.8.